The molecule has 0 saturated carbocycles. The topological polar surface area (TPSA) is 0 Å². The van der Waals surface area contributed by atoms with E-state index in [1.54, 1.807) is 0 Å². The van der Waals surface area contributed by atoms with Gasteiger partial charge in [-0.05, 0) is 6.42 Å². The van der Waals surface area contributed by atoms with Crippen LogP contribution in [-0.4, -0.2) is 4.83 Å². The van der Waals surface area contributed by atoms with Crippen molar-refractivity contribution in [1.29, 1.82) is 0 Å². The van der Waals surface area contributed by atoms with Crippen molar-refractivity contribution in [1.82, 2.24) is 0 Å². The van der Waals surface area contributed by atoms with Crippen LogP contribution >= 0.6 is 15.9 Å². The van der Waals surface area contributed by atoms with Crippen molar-refractivity contribution in [2.75, 3.05) is 0 Å². The van der Waals surface area contributed by atoms with Crippen LogP contribution in [-0.2, 0) is 0 Å². The van der Waals surface area contributed by atoms with Crippen molar-refractivity contribution in [3.63, 3.8) is 0 Å². The average molecular weight is 147 g/mol. The van der Waals surface area contributed by atoms with E-state index in [-0.39, 0.29) is 4.83 Å². The van der Waals surface area contributed by atoms with E-state index >= 15 is 0 Å². The van der Waals surface area contributed by atoms with E-state index in [1.807, 2.05) is 6.92 Å². The predicted molar refractivity (Wildman–Crippen MR) is 31.8 cm³/mol. The molecule has 34 valence electrons. The fourth-order valence-corrected chi connectivity index (χ4v) is 0.118. The Morgan fingerprint density at radius 3 is 2.50 bits per heavy atom. The summed E-state index contributed by atoms with van der Waals surface area (Å²) in [6, 6.07) is 0. The monoisotopic (exact) mass is 146 g/mol. The van der Waals surface area contributed by atoms with Crippen molar-refractivity contribution in [2.24, 2.45) is 0 Å². The number of hydrogen-bond acceptors (Lipinski definition) is 0. The van der Waals surface area contributed by atoms with Crippen LogP contribution in [0.2, 0.25) is 0 Å². The van der Waals surface area contributed by atoms with Gasteiger partial charge in [0.05, 0.1) is 4.83 Å². The molecule has 0 radical (unpaired) electrons. The molecule has 0 heterocycles. The molecule has 0 bridgehead atoms. The average Bonchev–Trinajstić information content (AvgIpc) is 1.65. The molecule has 1 unspecified atom stereocenters. The number of rotatable bonds is 1. The second-order valence-electron chi connectivity index (χ2n) is 1.04. The Balaban J connectivity index is 3.04. The molecular weight excluding hydrogens is 140 g/mol. The Morgan fingerprint density at radius 2 is 2.50 bits per heavy atom. The molecule has 0 aromatic rings. The third kappa shape index (κ3) is 2.29. The van der Waals surface area contributed by atoms with Gasteiger partial charge in [-0.2, -0.15) is 0 Å². The second-order valence-corrected chi connectivity index (χ2v) is 2.15. The molecule has 0 saturated heterocycles. The van der Waals surface area contributed by atoms with Gasteiger partial charge in [-0.1, -0.05) is 28.8 Å². The summed E-state index contributed by atoms with van der Waals surface area (Å²) < 4.78 is 0. The van der Waals surface area contributed by atoms with Gasteiger partial charge in [-0.15, -0.1) is 6.42 Å². The van der Waals surface area contributed by atoms with Gasteiger partial charge in [0.25, 0.3) is 0 Å². The first-order valence-electron chi connectivity index (χ1n) is 1.91. The highest BCUT2D eigenvalue weighted by atomic mass is 79.9. The van der Waals surface area contributed by atoms with Gasteiger partial charge in [0, 0.05) is 0 Å². The minimum atomic E-state index is 0.275. The lowest BCUT2D eigenvalue weighted by Crippen LogP contribution is -1.85. The maximum atomic E-state index is 4.99. The summed E-state index contributed by atoms with van der Waals surface area (Å²) in [6.07, 6.45) is 6.00. The molecule has 0 fully saturated rings. The van der Waals surface area contributed by atoms with Crippen molar-refractivity contribution >= 4 is 15.9 Å². The van der Waals surface area contributed by atoms with E-state index in [9.17, 15) is 0 Å². The molecule has 0 aliphatic carbocycles. The molecule has 1 heteroatoms. The smallest absolute Gasteiger partial charge is 0.0749 e. The van der Waals surface area contributed by atoms with Crippen molar-refractivity contribution < 1.29 is 0 Å². The third-order valence-electron chi connectivity index (χ3n) is 0.539. The zero-order chi connectivity index (χ0) is 4.99. The summed E-state index contributed by atoms with van der Waals surface area (Å²) in [5, 5.41) is 0. The molecule has 0 aliphatic heterocycles. The highest BCUT2D eigenvalue weighted by Crippen LogP contribution is 1.99. The van der Waals surface area contributed by atoms with Crippen LogP contribution in [0.3, 0.4) is 0 Å². The number of terminal acetylenes is 1. The van der Waals surface area contributed by atoms with Crippen LogP contribution < -0.4 is 0 Å². The largest absolute Gasteiger partial charge is 0.119 e. The summed E-state index contributed by atoms with van der Waals surface area (Å²) >= 11 is 3.24. The van der Waals surface area contributed by atoms with E-state index in [1.165, 1.54) is 0 Å². The molecule has 6 heavy (non-hydrogen) atoms. The molecule has 0 amide bonds. The molecule has 0 aliphatic rings. The molecule has 0 nitrogen and oxygen atoms in total. The van der Waals surface area contributed by atoms with E-state index in [4.69, 9.17) is 6.42 Å². The summed E-state index contributed by atoms with van der Waals surface area (Å²) in [4.78, 5) is 0.275. The van der Waals surface area contributed by atoms with Gasteiger partial charge in [0.15, 0.2) is 0 Å². The second kappa shape index (κ2) is 3.24. The predicted octanol–water partition coefficient (Wildman–Crippen LogP) is 1.79. The normalized spacial score (nSPS) is 12.8. The van der Waals surface area contributed by atoms with Gasteiger partial charge >= 0.3 is 0 Å². The lowest BCUT2D eigenvalue weighted by molar-refractivity contribution is 1.02. The van der Waals surface area contributed by atoms with Crippen LogP contribution in [0.15, 0.2) is 0 Å². The zero-order valence-electron chi connectivity index (χ0n) is 3.74. The van der Waals surface area contributed by atoms with Crippen LogP contribution in [0.4, 0.5) is 0 Å². The van der Waals surface area contributed by atoms with E-state index < -0.39 is 0 Å². The maximum Gasteiger partial charge on any atom is 0.0749 e. The molecular formula is C5H7Br. The third-order valence-corrected chi connectivity index (χ3v) is 1.45. The molecule has 0 aromatic heterocycles. The van der Waals surface area contributed by atoms with E-state index in [0.29, 0.717) is 0 Å². The highest BCUT2D eigenvalue weighted by Gasteiger charge is 1.87. The lowest BCUT2D eigenvalue weighted by Gasteiger charge is -1.88. The van der Waals surface area contributed by atoms with Crippen molar-refractivity contribution in [3.8, 4) is 12.3 Å². The van der Waals surface area contributed by atoms with Gasteiger partial charge < -0.3 is 0 Å². The maximum absolute atomic E-state index is 4.99. The molecule has 0 spiro atoms. The lowest BCUT2D eigenvalue weighted by atomic mass is 10.4. The minimum absolute atomic E-state index is 0.275. The standard InChI is InChI=1S/C5H7Br/c1-3-5(6)4-2/h1,5H,4H2,2H3. The Bertz CT molecular complexity index is 60.8. The van der Waals surface area contributed by atoms with Crippen LogP contribution in [0.1, 0.15) is 13.3 Å². The zero-order valence-corrected chi connectivity index (χ0v) is 5.33. The first-order valence-corrected chi connectivity index (χ1v) is 2.83. The Labute approximate surface area is 47.1 Å². The van der Waals surface area contributed by atoms with Gasteiger partial charge in [-0.25, -0.2) is 0 Å². The first kappa shape index (κ1) is 6.04. The molecule has 0 rings (SSSR count). The molecule has 0 N–H and O–H groups in total. The van der Waals surface area contributed by atoms with Crippen LogP contribution in [0, 0.1) is 12.3 Å². The summed E-state index contributed by atoms with van der Waals surface area (Å²) in [5.74, 6) is 2.53. The van der Waals surface area contributed by atoms with Crippen molar-refractivity contribution in [3.05, 3.63) is 0 Å². The number of alkyl halides is 1. The SMILES string of the molecule is C#CC(Br)CC. The summed E-state index contributed by atoms with van der Waals surface area (Å²) in [6.45, 7) is 2.04. The molecule has 0 aromatic carbocycles. The first-order chi connectivity index (χ1) is 2.81. The van der Waals surface area contributed by atoms with Crippen molar-refractivity contribution in [2.45, 2.75) is 18.2 Å². The fourth-order valence-electron chi connectivity index (χ4n) is 0.118. The number of hydrogen-bond donors (Lipinski definition) is 0. The summed E-state index contributed by atoms with van der Waals surface area (Å²) in [5.41, 5.74) is 0. The number of halogens is 1. The van der Waals surface area contributed by atoms with Crippen LogP contribution in [0.25, 0.3) is 0 Å². The minimum Gasteiger partial charge on any atom is -0.119 e. The van der Waals surface area contributed by atoms with Gasteiger partial charge in [0.1, 0.15) is 0 Å². The summed E-state index contributed by atoms with van der Waals surface area (Å²) in [7, 11) is 0. The Kier molecular flexibility index (Phi) is 3.26. The Morgan fingerprint density at radius 1 is 2.00 bits per heavy atom. The van der Waals surface area contributed by atoms with Crippen LogP contribution in [0.5, 0.6) is 0 Å². The van der Waals surface area contributed by atoms with Gasteiger partial charge in [-0.3, -0.25) is 0 Å². The van der Waals surface area contributed by atoms with Gasteiger partial charge in [0.2, 0.25) is 0 Å². The fraction of sp³-hybridized carbons (Fsp3) is 0.600. The molecule has 1 atom stereocenters. The highest BCUT2D eigenvalue weighted by molar-refractivity contribution is 9.09. The quantitative estimate of drug-likeness (QED) is 0.391. The van der Waals surface area contributed by atoms with E-state index in [0.717, 1.165) is 6.42 Å². The Hall–Kier alpha value is 0.0400. The van der Waals surface area contributed by atoms with E-state index in [2.05, 4.69) is 21.9 Å².